The summed E-state index contributed by atoms with van der Waals surface area (Å²) in [4.78, 5) is 21.3. The normalized spacial score (nSPS) is 18.7. The number of aryl methyl sites for hydroxylation is 1. The van der Waals surface area contributed by atoms with E-state index in [-0.39, 0.29) is 10.6 Å². The summed E-state index contributed by atoms with van der Waals surface area (Å²) in [6.45, 7) is 8.05. The molecule has 7 heteroatoms. The second-order valence-corrected chi connectivity index (χ2v) is 4.93. The molecule has 1 aromatic rings. The van der Waals surface area contributed by atoms with Crippen LogP contribution in [0.15, 0.2) is 0 Å². The summed E-state index contributed by atoms with van der Waals surface area (Å²) in [7, 11) is 0. The molecule has 2 heterocycles. The molecule has 7 nitrogen and oxygen atoms in total. The lowest BCUT2D eigenvalue weighted by Crippen LogP contribution is -2.23. The van der Waals surface area contributed by atoms with E-state index in [1.54, 1.807) is 6.92 Å². The van der Waals surface area contributed by atoms with Gasteiger partial charge in [0.25, 0.3) is 0 Å². The molecule has 0 aromatic carbocycles. The average molecular weight is 265 g/mol. The highest BCUT2D eigenvalue weighted by molar-refractivity contribution is 5.62. The van der Waals surface area contributed by atoms with E-state index >= 15 is 0 Å². The fourth-order valence-electron chi connectivity index (χ4n) is 2.35. The topological polar surface area (TPSA) is 84.2 Å². The van der Waals surface area contributed by atoms with Gasteiger partial charge in [-0.25, -0.2) is 4.98 Å². The lowest BCUT2D eigenvalue weighted by Gasteiger charge is -2.18. The zero-order valence-electron chi connectivity index (χ0n) is 11.5. The maximum absolute atomic E-state index is 11.2. The van der Waals surface area contributed by atoms with E-state index < -0.39 is 0 Å². The Labute approximate surface area is 112 Å². The molecule has 0 spiro atoms. The van der Waals surface area contributed by atoms with Crippen molar-refractivity contribution < 1.29 is 4.92 Å². The van der Waals surface area contributed by atoms with Crippen molar-refractivity contribution in [2.75, 3.05) is 29.9 Å². The van der Waals surface area contributed by atoms with E-state index in [4.69, 9.17) is 0 Å². The van der Waals surface area contributed by atoms with Gasteiger partial charge in [-0.15, -0.1) is 0 Å². The predicted octanol–water partition coefficient (Wildman–Crippen LogP) is 1.97. The maximum atomic E-state index is 11.2. The second kappa shape index (κ2) is 5.38. The van der Waals surface area contributed by atoms with Crippen molar-refractivity contribution in [1.82, 2.24) is 9.97 Å². The third kappa shape index (κ3) is 2.74. The van der Waals surface area contributed by atoms with Gasteiger partial charge in [0.1, 0.15) is 5.69 Å². The van der Waals surface area contributed by atoms with Crippen molar-refractivity contribution in [1.29, 1.82) is 0 Å². The number of hydrogen-bond acceptors (Lipinski definition) is 6. The SMILES string of the molecule is CCNc1nc(C)c([N+](=O)[O-])c(N2CCC(C)C2)n1. The van der Waals surface area contributed by atoms with Crippen LogP contribution in [-0.4, -0.2) is 34.5 Å². The zero-order valence-corrected chi connectivity index (χ0v) is 11.5. The Hall–Kier alpha value is -1.92. The van der Waals surface area contributed by atoms with E-state index in [1.165, 1.54) is 0 Å². The summed E-state index contributed by atoms with van der Waals surface area (Å²) in [6, 6.07) is 0. The van der Waals surface area contributed by atoms with E-state index in [0.717, 1.165) is 19.5 Å². The Kier molecular flexibility index (Phi) is 3.82. The summed E-state index contributed by atoms with van der Waals surface area (Å²) >= 11 is 0. The van der Waals surface area contributed by atoms with Crippen LogP contribution in [0.4, 0.5) is 17.5 Å². The first-order chi connectivity index (χ1) is 9.02. The monoisotopic (exact) mass is 265 g/mol. The largest absolute Gasteiger partial charge is 0.354 e. The molecule has 0 bridgehead atoms. The molecule has 1 aliphatic rings. The van der Waals surface area contributed by atoms with Crippen LogP contribution >= 0.6 is 0 Å². The summed E-state index contributed by atoms with van der Waals surface area (Å²) in [5, 5.41) is 14.2. The number of nitro groups is 1. The van der Waals surface area contributed by atoms with Crippen molar-refractivity contribution in [3.05, 3.63) is 15.8 Å². The van der Waals surface area contributed by atoms with E-state index in [1.807, 2.05) is 11.8 Å². The molecule has 0 aliphatic carbocycles. The number of rotatable bonds is 4. The van der Waals surface area contributed by atoms with Gasteiger partial charge in [0, 0.05) is 19.6 Å². The lowest BCUT2D eigenvalue weighted by atomic mass is 10.2. The molecule has 0 saturated carbocycles. The van der Waals surface area contributed by atoms with E-state index in [9.17, 15) is 10.1 Å². The van der Waals surface area contributed by atoms with Gasteiger partial charge in [-0.3, -0.25) is 10.1 Å². The second-order valence-electron chi connectivity index (χ2n) is 4.93. The summed E-state index contributed by atoms with van der Waals surface area (Å²) in [5.41, 5.74) is 0.432. The van der Waals surface area contributed by atoms with E-state index in [2.05, 4.69) is 22.2 Å². The Morgan fingerprint density at radius 3 is 2.79 bits per heavy atom. The first-order valence-electron chi connectivity index (χ1n) is 6.54. The molecule has 1 aliphatic heterocycles. The lowest BCUT2D eigenvalue weighted by molar-refractivity contribution is -0.385. The Morgan fingerprint density at radius 2 is 2.26 bits per heavy atom. The van der Waals surface area contributed by atoms with Crippen LogP contribution in [0, 0.1) is 23.0 Å². The Balaban J connectivity index is 2.45. The minimum atomic E-state index is -0.386. The molecule has 0 amide bonds. The minimum absolute atomic E-state index is 0.0238. The number of nitrogens with one attached hydrogen (secondary N) is 1. The molecule has 1 N–H and O–H groups in total. The van der Waals surface area contributed by atoms with Gasteiger partial charge >= 0.3 is 5.69 Å². The fraction of sp³-hybridized carbons (Fsp3) is 0.667. The Bertz CT molecular complexity index is 491. The van der Waals surface area contributed by atoms with Crippen molar-refractivity contribution in [2.24, 2.45) is 5.92 Å². The first-order valence-corrected chi connectivity index (χ1v) is 6.54. The van der Waals surface area contributed by atoms with Crippen molar-refractivity contribution in [3.8, 4) is 0 Å². The number of nitrogens with zero attached hydrogens (tertiary/aromatic N) is 4. The van der Waals surface area contributed by atoms with Crippen molar-refractivity contribution in [3.63, 3.8) is 0 Å². The predicted molar refractivity (Wildman–Crippen MR) is 73.6 cm³/mol. The van der Waals surface area contributed by atoms with Crippen molar-refractivity contribution >= 4 is 17.5 Å². The minimum Gasteiger partial charge on any atom is -0.354 e. The smallest absolute Gasteiger partial charge is 0.332 e. The van der Waals surface area contributed by atoms with Gasteiger partial charge in [-0.2, -0.15) is 4.98 Å². The molecule has 1 unspecified atom stereocenters. The van der Waals surface area contributed by atoms with Crippen LogP contribution in [-0.2, 0) is 0 Å². The molecule has 2 rings (SSSR count). The highest BCUT2D eigenvalue weighted by Crippen LogP contribution is 2.33. The van der Waals surface area contributed by atoms with Crippen LogP contribution in [0.3, 0.4) is 0 Å². The quantitative estimate of drug-likeness (QED) is 0.662. The van der Waals surface area contributed by atoms with Gasteiger partial charge in [0.15, 0.2) is 0 Å². The highest BCUT2D eigenvalue weighted by atomic mass is 16.6. The third-order valence-corrected chi connectivity index (χ3v) is 3.28. The number of hydrogen-bond donors (Lipinski definition) is 1. The average Bonchev–Trinajstić information content (AvgIpc) is 2.75. The van der Waals surface area contributed by atoms with Gasteiger partial charge in [-0.1, -0.05) is 6.92 Å². The van der Waals surface area contributed by atoms with Gasteiger partial charge < -0.3 is 10.2 Å². The van der Waals surface area contributed by atoms with Crippen LogP contribution in [0.5, 0.6) is 0 Å². The van der Waals surface area contributed by atoms with Gasteiger partial charge in [0.2, 0.25) is 11.8 Å². The molecular formula is C12H19N5O2. The summed E-state index contributed by atoms with van der Waals surface area (Å²) < 4.78 is 0. The van der Waals surface area contributed by atoms with Crippen molar-refractivity contribution in [2.45, 2.75) is 27.2 Å². The molecule has 104 valence electrons. The maximum Gasteiger partial charge on any atom is 0.332 e. The van der Waals surface area contributed by atoms with Gasteiger partial charge in [0.05, 0.1) is 4.92 Å². The van der Waals surface area contributed by atoms with Gasteiger partial charge in [-0.05, 0) is 26.2 Å². The van der Waals surface area contributed by atoms with Crippen LogP contribution in [0.25, 0.3) is 0 Å². The van der Waals surface area contributed by atoms with Crippen LogP contribution < -0.4 is 10.2 Å². The molecule has 1 atom stereocenters. The zero-order chi connectivity index (χ0) is 14.0. The summed E-state index contributed by atoms with van der Waals surface area (Å²) in [5.74, 6) is 1.44. The molecule has 19 heavy (non-hydrogen) atoms. The summed E-state index contributed by atoms with van der Waals surface area (Å²) in [6.07, 6.45) is 1.04. The fourth-order valence-corrected chi connectivity index (χ4v) is 2.35. The molecule has 0 radical (unpaired) electrons. The van der Waals surface area contributed by atoms with Crippen LogP contribution in [0.2, 0.25) is 0 Å². The molecular weight excluding hydrogens is 246 g/mol. The Morgan fingerprint density at radius 1 is 1.53 bits per heavy atom. The first kappa shape index (κ1) is 13.5. The highest BCUT2D eigenvalue weighted by Gasteiger charge is 2.30. The molecule has 1 fully saturated rings. The third-order valence-electron chi connectivity index (χ3n) is 3.28. The standard InChI is InChI=1S/C12H19N5O2/c1-4-13-12-14-9(3)10(17(18)19)11(15-12)16-6-5-8(2)7-16/h8H,4-7H2,1-3H3,(H,13,14,15). The number of aromatic nitrogens is 2. The van der Waals surface area contributed by atoms with E-state index in [0.29, 0.717) is 29.9 Å². The molecule has 1 aromatic heterocycles. The molecule has 1 saturated heterocycles. The van der Waals surface area contributed by atoms with Crippen LogP contribution in [0.1, 0.15) is 26.0 Å². The number of anilines is 2.